The average molecular weight is 293 g/mol. The van der Waals surface area contributed by atoms with Crippen molar-refractivity contribution in [2.24, 2.45) is 5.73 Å². The van der Waals surface area contributed by atoms with Crippen LogP contribution in [-0.2, 0) is 15.4 Å². The molecular formula is C12H21ClN2O2S. The molecule has 1 aromatic rings. The first-order chi connectivity index (χ1) is 7.79. The molecule has 0 amide bonds. The number of nitrogens with one attached hydrogen (secondary N) is 1. The van der Waals surface area contributed by atoms with Crippen molar-refractivity contribution in [2.75, 3.05) is 13.1 Å². The van der Waals surface area contributed by atoms with Crippen molar-refractivity contribution >= 4 is 22.4 Å². The summed E-state index contributed by atoms with van der Waals surface area (Å²) >= 11 is 0. The minimum absolute atomic E-state index is 0. The Labute approximate surface area is 115 Å². The van der Waals surface area contributed by atoms with E-state index in [0.717, 1.165) is 5.56 Å². The quantitative estimate of drug-likeness (QED) is 0.886. The molecule has 0 heterocycles. The van der Waals surface area contributed by atoms with Gasteiger partial charge in [-0.05, 0) is 17.0 Å². The van der Waals surface area contributed by atoms with Gasteiger partial charge in [-0.2, -0.15) is 0 Å². The Morgan fingerprint density at radius 1 is 1.22 bits per heavy atom. The molecule has 0 fully saturated rings. The fourth-order valence-corrected chi connectivity index (χ4v) is 3.06. The molecule has 4 nitrogen and oxygen atoms in total. The first-order valence-corrected chi connectivity index (χ1v) is 7.06. The van der Waals surface area contributed by atoms with Crippen LogP contribution < -0.4 is 10.5 Å². The van der Waals surface area contributed by atoms with Crippen molar-refractivity contribution in [1.82, 2.24) is 4.72 Å². The molecule has 0 radical (unpaired) electrons. The van der Waals surface area contributed by atoms with Crippen molar-refractivity contribution in [2.45, 2.75) is 31.1 Å². The van der Waals surface area contributed by atoms with Crippen LogP contribution in [0.5, 0.6) is 0 Å². The highest BCUT2D eigenvalue weighted by Crippen LogP contribution is 2.28. The lowest BCUT2D eigenvalue weighted by Crippen LogP contribution is -2.31. The number of sulfonamides is 1. The molecule has 1 rings (SSSR count). The van der Waals surface area contributed by atoms with Gasteiger partial charge >= 0.3 is 0 Å². The third-order valence-corrected chi connectivity index (χ3v) is 3.94. The summed E-state index contributed by atoms with van der Waals surface area (Å²) in [5.74, 6) is 0. The first-order valence-electron chi connectivity index (χ1n) is 5.58. The van der Waals surface area contributed by atoms with Crippen molar-refractivity contribution in [3.63, 3.8) is 0 Å². The molecule has 0 atom stereocenters. The van der Waals surface area contributed by atoms with Gasteiger partial charge in [-0.15, -0.1) is 12.4 Å². The van der Waals surface area contributed by atoms with E-state index >= 15 is 0 Å². The molecule has 0 unspecified atom stereocenters. The molecule has 0 aromatic heterocycles. The molecule has 1 aromatic carbocycles. The van der Waals surface area contributed by atoms with Crippen molar-refractivity contribution in [3.8, 4) is 0 Å². The third-order valence-electron chi connectivity index (χ3n) is 2.42. The number of benzene rings is 1. The molecular weight excluding hydrogens is 272 g/mol. The normalized spacial score (nSPS) is 12.0. The standard InChI is InChI=1S/C12H20N2O2S.ClH/c1-12(2,3)10-6-4-5-7-11(10)17(15,16)14-9-8-13;/h4-7,14H,8-9,13H2,1-3H3;1H. The highest BCUT2D eigenvalue weighted by molar-refractivity contribution is 7.89. The van der Waals surface area contributed by atoms with E-state index in [0.29, 0.717) is 4.90 Å². The minimum Gasteiger partial charge on any atom is -0.329 e. The van der Waals surface area contributed by atoms with Crippen LogP contribution in [0.1, 0.15) is 26.3 Å². The van der Waals surface area contributed by atoms with Gasteiger partial charge in [-0.25, -0.2) is 13.1 Å². The second-order valence-corrected chi connectivity index (χ2v) is 6.67. The summed E-state index contributed by atoms with van der Waals surface area (Å²) in [6.07, 6.45) is 0. The van der Waals surface area contributed by atoms with Crippen LogP contribution in [0.15, 0.2) is 29.2 Å². The zero-order valence-electron chi connectivity index (χ0n) is 10.9. The van der Waals surface area contributed by atoms with E-state index in [1.807, 2.05) is 32.9 Å². The molecule has 18 heavy (non-hydrogen) atoms. The summed E-state index contributed by atoms with van der Waals surface area (Å²) in [4.78, 5) is 0.334. The van der Waals surface area contributed by atoms with Crippen LogP contribution in [0.25, 0.3) is 0 Å². The molecule has 0 saturated carbocycles. The number of rotatable bonds is 4. The molecule has 0 aliphatic rings. The molecule has 0 aliphatic heterocycles. The van der Waals surface area contributed by atoms with E-state index in [-0.39, 0.29) is 30.9 Å². The monoisotopic (exact) mass is 292 g/mol. The van der Waals surface area contributed by atoms with Gasteiger partial charge in [0.05, 0.1) is 4.90 Å². The summed E-state index contributed by atoms with van der Waals surface area (Å²) in [7, 11) is -3.47. The lowest BCUT2D eigenvalue weighted by Gasteiger charge is -2.22. The van der Waals surface area contributed by atoms with Gasteiger partial charge in [0, 0.05) is 13.1 Å². The summed E-state index contributed by atoms with van der Waals surface area (Å²) < 4.78 is 26.7. The topological polar surface area (TPSA) is 72.2 Å². The Morgan fingerprint density at radius 2 is 1.78 bits per heavy atom. The average Bonchev–Trinajstić information content (AvgIpc) is 2.25. The summed E-state index contributed by atoms with van der Waals surface area (Å²) in [5.41, 5.74) is 5.91. The van der Waals surface area contributed by atoms with Crippen molar-refractivity contribution in [3.05, 3.63) is 29.8 Å². The maximum atomic E-state index is 12.1. The maximum absolute atomic E-state index is 12.1. The fourth-order valence-electron chi connectivity index (χ4n) is 1.59. The fraction of sp³-hybridized carbons (Fsp3) is 0.500. The maximum Gasteiger partial charge on any atom is 0.240 e. The Hall–Kier alpha value is -0.620. The van der Waals surface area contributed by atoms with E-state index in [1.54, 1.807) is 12.1 Å². The lowest BCUT2D eigenvalue weighted by atomic mass is 9.87. The number of hydrogen-bond donors (Lipinski definition) is 2. The van der Waals surface area contributed by atoms with Gasteiger partial charge in [0.25, 0.3) is 0 Å². The zero-order chi connectivity index (χ0) is 13.1. The smallest absolute Gasteiger partial charge is 0.240 e. The Balaban J connectivity index is 0.00000289. The minimum atomic E-state index is -3.47. The van der Waals surface area contributed by atoms with E-state index in [4.69, 9.17) is 5.73 Å². The van der Waals surface area contributed by atoms with E-state index in [2.05, 4.69) is 4.72 Å². The second-order valence-electron chi connectivity index (χ2n) is 4.93. The SMILES string of the molecule is CC(C)(C)c1ccccc1S(=O)(=O)NCCN.Cl. The summed E-state index contributed by atoms with van der Waals surface area (Å²) in [5, 5.41) is 0. The Morgan fingerprint density at radius 3 is 2.28 bits per heavy atom. The molecule has 104 valence electrons. The van der Waals surface area contributed by atoms with Crippen molar-refractivity contribution in [1.29, 1.82) is 0 Å². The van der Waals surface area contributed by atoms with Gasteiger partial charge in [-0.3, -0.25) is 0 Å². The summed E-state index contributed by atoms with van der Waals surface area (Å²) in [6.45, 7) is 6.51. The highest BCUT2D eigenvalue weighted by atomic mass is 35.5. The third kappa shape index (κ3) is 4.24. The Kier molecular flexibility index (Phi) is 6.29. The predicted octanol–water partition coefficient (Wildman–Crippen LogP) is 1.64. The van der Waals surface area contributed by atoms with Gasteiger partial charge in [0.15, 0.2) is 0 Å². The van der Waals surface area contributed by atoms with Crippen molar-refractivity contribution < 1.29 is 8.42 Å². The van der Waals surface area contributed by atoms with Crippen LogP contribution in [0.4, 0.5) is 0 Å². The van der Waals surface area contributed by atoms with Crippen LogP contribution in [0.2, 0.25) is 0 Å². The molecule has 0 spiro atoms. The van der Waals surface area contributed by atoms with Crippen LogP contribution in [0.3, 0.4) is 0 Å². The van der Waals surface area contributed by atoms with Gasteiger partial charge in [0.1, 0.15) is 0 Å². The molecule has 0 aliphatic carbocycles. The van der Waals surface area contributed by atoms with E-state index in [1.165, 1.54) is 0 Å². The van der Waals surface area contributed by atoms with Crippen LogP contribution in [0, 0.1) is 0 Å². The largest absolute Gasteiger partial charge is 0.329 e. The van der Waals surface area contributed by atoms with Crippen LogP contribution in [-0.4, -0.2) is 21.5 Å². The number of nitrogens with two attached hydrogens (primary N) is 1. The predicted molar refractivity (Wildman–Crippen MR) is 76.6 cm³/mol. The Bertz CT molecular complexity index is 481. The van der Waals surface area contributed by atoms with E-state index < -0.39 is 10.0 Å². The van der Waals surface area contributed by atoms with Crippen LogP contribution >= 0.6 is 12.4 Å². The zero-order valence-corrected chi connectivity index (χ0v) is 12.6. The molecule has 0 saturated heterocycles. The van der Waals surface area contributed by atoms with Gasteiger partial charge < -0.3 is 5.73 Å². The number of halogens is 1. The molecule has 3 N–H and O–H groups in total. The highest BCUT2D eigenvalue weighted by Gasteiger charge is 2.24. The second kappa shape index (κ2) is 6.52. The summed E-state index contributed by atoms with van der Waals surface area (Å²) in [6, 6.07) is 7.05. The first kappa shape index (κ1) is 17.4. The molecule has 6 heteroatoms. The number of hydrogen-bond acceptors (Lipinski definition) is 3. The van der Waals surface area contributed by atoms with Gasteiger partial charge in [0.2, 0.25) is 10.0 Å². The van der Waals surface area contributed by atoms with E-state index in [9.17, 15) is 8.42 Å². The molecule has 0 bridgehead atoms. The van der Waals surface area contributed by atoms with Gasteiger partial charge in [-0.1, -0.05) is 39.0 Å². The lowest BCUT2D eigenvalue weighted by molar-refractivity contribution is 0.555.